The number of nitrogens with two attached hydrogens (primary N) is 4. The molecular formula is C8H22CoN4O4-3. The van der Waals surface area contributed by atoms with E-state index in [4.69, 9.17) is 0 Å². The van der Waals surface area contributed by atoms with Crippen LogP contribution in [-0.4, -0.2) is 11.9 Å². The standard InChI is InChI=1S/2C4H8O2.Co.4H2N/c2*1-2-3-4(5)6;;;;;/h2*2-3H2,1H3,(H,5,6);;4*1H2/q;;+3;4*-1/p-2. The van der Waals surface area contributed by atoms with Crippen LogP contribution >= 0.6 is 0 Å². The Labute approximate surface area is 113 Å². The molecule has 0 radical (unpaired) electrons. The molecular weight excluding hydrogens is 275 g/mol. The Morgan fingerprint density at radius 1 is 0.765 bits per heavy atom. The molecule has 8 N–H and O–H groups in total. The van der Waals surface area contributed by atoms with E-state index in [1.165, 1.54) is 0 Å². The third-order valence-corrected chi connectivity index (χ3v) is 0.908. The Balaban J connectivity index is -0.0000000182. The summed E-state index contributed by atoms with van der Waals surface area (Å²) in [6.45, 7) is 3.60. The number of carbonyl (C=O) groups is 2. The SMILES string of the molecule is CCCC(=O)[O-].CCCC(=O)[O-].[Co+3].[NH2-].[NH2-].[NH2-].[NH2-]. The summed E-state index contributed by atoms with van der Waals surface area (Å²) in [6.07, 6.45) is 1.70. The first-order valence-electron chi connectivity index (χ1n) is 3.94. The van der Waals surface area contributed by atoms with Crippen LogP contribution in [0.1, 0.15) is 39.5 Å². The van der Waals surface area contributed by atoms with Crippen molar-refractivity contribution in [2.45, 2.75) is 39.5 Å². The van der Waals surface area contributed by atoms with Crippen molar-refractivity contribution in [3.63, 3.8) is 0 Å². The van der Waals surface area contributed by atoms with Gasteiger partial charge < -0.3 is 44.4 Å². The zero-order valence-electron chi connectivity index (χ0n) is 10.1. The molecule has 0 bridgehead atoms. The van der Waals surface area contributed by atoms with Gasteiger partial charge in [0, 0.05) is 11.9 Å². The molecule has 0 aromatic rings. The summed E-state index contributed by atoms with van der Waals surface area (Å²) in [7, 11) is 0. The van der Waals surface area contributed by atoms with Gasteiger partial charge in [0.15, 0.2) is 0 Å². The van der Waals surface area contributed by atoms with Gasteiger partial charge in [-0.1, -0.05) is 26.7 Å². The van der Waals surface area contributed by atoms with Crippen LogP contribution in [0.4, 0.5) is 0 Å². The number of hydrogen-bond donors (Lipinski definition) is 0. The van der Waals surface area contributed by atoms with E-state index in [9.17, 15) is 19.8 Å². The molecule has 0 atom stereocenters. The van der Waals surface area contributed by atoms with E-state index in [0.29, 0.717) is 12.8 Å². The fourth-order valence-electron chi connectivity index (χ4n) is 0.408. The molecule has 0 aliphatic rings. The van der Waals surface area contributed by atoms with Crippen molar-refractivity contribution in [2.24, 2.45) is 0 Å². The summed E-state index contributed by atoms with van der Waals surface area (Å²) in [4.78, 5) is 19.0. The van der Waals surface area contributed by atoms with Gasteiger partial charge in [-0.3, -0.25) is 0 Å². The first-order valence-corrected chi connectivity index (χ1v) is 3.94. The molecule has 0 rings (SSSR count). The van der Waals surface area contributed by atoms with Gasteiger partial charge >= 0.3 is 16.8 Å². The average Bonchev–Trinajstić information content (AvgIpc) is 1.87. The van der Waals surface area contributed by atoms with Crippen LogP contribution in [0.5, 0.6) is 0 Å². The minimum Gasteiger partial charge on any atom is -0.693 e. The fourth-order valence-corrected chi connectivity index (χ4v) is 0.408. The first kappa shape index (κ1) is 44.1. The number of carbonyl (C=O) groups excluding carboxylic acids is 2. The minimum atomic E-state index is -0.961. The summed E-state index contributed by atoms with van der Waals surface area (Å²) >= 11 is 0. The molecule has 0 unspecified atom stereocenters. The monoisotopic (exact) mass is 297 g/mol. The maximum Gasteiger partial charge on any atom is 3.00 e. The van der Waals surface area contributed by atoms with E-state index >= 15 is 0 Å². The Morgan fingerprint density at radius 2 is 0.941 bits per heavy atom. The van der Waals surface area contributed by atoms with Gasteiger partial charge in [0.05, 0.1) is 0 Å². The number of carboxylic acid groups (broad SMARTS) is 2. The van der Waals surface area contributed by atoms with Crippen LogP contribution in [-0.2, 0) is 26.4 Å². The maximum atomic E-state index is 9.49. The zero-order valence-corrected chi connectivity index (χ0v) is 11.1. The van der Waals surface area contributed by atoms with E-state index in [1.54, 1.807) is 13.8 Å². The van der Waals surface area contributed by atoms with Crippen molar-refractivity contribution in [1.29, 1.82) is 0 Å². The third-order valence-electron chi connectivity index (χ3n) is 0.908. The first-order chi connectivity index (χ1) is 5.54. The molecule has 17 heavy (non-hydrogen) atoms. The second kappa shape index (κ2) is 36.2. The van der Waals surface area contributed by atoms with Gasteiger partial charge in [-0.05, 0) is 12.8 Å². The summed E-state index contributed by atoms with van der Waals surface area (Å²) in [5, 5.41) is 19.0. The van der Waals surface area contributed by atoms with Gasteiger partial charge in [-0.2, -0.15) is 0 Å². The van der Waals surface area contributed by atoms with Crippen molar-refractivity contribution in [1.82, 2.24) is 0 Å². The molecule has 9 heteroatoms. The Bertz CT molecular complexity index is 133. The molecule has 0 aliphatic heterocycles. The maximum absolute atomic E-state index is 9.49. The van der Waals surface area contributed by atoms with Crippen LogP contribution < -0.4 is 10.2 Å². The molecule has 0 aromatic heterocycles. The molecule has 0 aliphatic carbocycles. The molecule has 0 fully saturated rings. The van der Waals surface area contributed by atoms with Crippen molar-refractivity contribution >= 4 is 11.9 Å². The predicted molar refractivity (Wildman–Crippen MR) is 61.0 cm³/mol. The van der Waals surface area contributed by atoms with Crippen LogP contribution in [0.2, 0.25) is 0 Å². The summed E-state index contributed by atoms with van der Waals surface area (Å²) in [5.74, 6) is -1.92. The van der Waals surface area contributed by atoms with Gasteiger partial charge in [0.2, 0.25) is 0 Å². The van der Waals surface area contributed by atoms with E-state index in [1.807, 2.05) is 0 Å². The topological polar surface area (TPSA) is 214 Å². The Morgan fingerprint density at radius 3 is 0.941 bits per heavy atom. The third kappa shape index (κ3) is 96.6. The van der Waals surface area contributed by atoms with Gasteiger partial charge in [0.25, 0.3) is 0 Å². The molecule has 0 amide bonds. The van der Waals surface area contributed by atoms with E-state index in [-0.39, 0.29) is 54.2 Å². The van der Waals surface area contributed by atoms with Crippen LogP contribution in [0.3, 0.4) is 0 Å². The van der Waals surface area contributed by atoms with Gasteiger partial charge in [-0.25, -0.2) is 0 Å². The van der Waals surface area contributed by atoms with Crippen molar-refractivity contribution in [3.05, 3.63) is 24.6 Å². The predicted octanol–water partition coefficient (Wildman–Crippen LogP) is 1.94. The van der Waals surface area contributed by atoms with Crippen LogP contribution in [0, 0.1) is 0 Å². The van der Waals surface area contributed by atoms with Gasteiger partial charge in [0.1, 0.15) is 0 Å². The van der Waals surface area contributed by atoms with Crippen molar-refractivity contribution in [2.75, 3.05) is 0 Å². The molecule has 8 nitrogen and oxygen atoms in total. The summed E-state index contributed by atoms with van der Waals surface area (Å²) in [5.41, 5.74) is 0. The summed E-state index contributed by atoms with van der Waals surface area (Å²) < 4.78 is 0. The number of hydrogen-bond acceptors (Lipinski definition) is 4. The van der Waals surface area contributed by atoms with E-state index < -0.39 is 11.9 Å². The minimum absolute atomic E-state index is 0. The zero-order chi connectivity index (χ0) is 9.98. The van der Waals surface area contributed by atoms with Crippen LogP contribution in [0.25, 0.3) is 24.6 Å². The smallest absolute Gasteiger partial charge is 0.693 e. The second-order valence-electron chi connectivity index (χ2n) is 2.24. The molecule has 0 spiro atoms. The fraction of sp³-hybridized carbons (Fsp3) is 0.750. The normalized spacial score (nSPS) is 5.76. The molecule has 0 aromatic carbocycles. The molecule has 0 saturated heterocycles. The van der Waals surface area contributed by atoms with E-state index in [2.05, 4.69) is 0 Å². The molecule has 110 valence electrons. The Kier molecular flexibility index (Phi) is 93.9. The van der Waals surface area contributed by atoms with E-state index in [0.717, 1.165) is 0 Å². The van der Waals surface area contributed by atoms with Gasteiger partial charge in [-0.15, -0.1) is 0 Å². The Hall–Kier alpha value is -0.714. The number of rotatable bonds is 4. The largest absolute Gasteiger partial charge is 3.00 e. The summed E-state index contributed by atoms with van der Waals surface area (Å²) in [6, 6.07) is 0. The second-order valence-corrected chi connectivity index (χ2v) is 2.24. The molecule has 0 heterocycles. The number of aliphatic carboxylic acids is 2. The van der Waals surface area contributed by atoms with Crippen molar-refractivity contribution in [3.8, 4) is 0 Å². The van der Waals surface area contributed by atoms with Crippen LogP contribution in [0.15, 0.2) is 0 Å². The molecule has 0 saturated carbocycles. The quantitative estimate of drug-likeness (QED) is 0.759. The number of carboxylic acids is 2. The van der Waals surface area contributed by atoms with Crippen molar-refractivity contribution < 1.29 is 36.6 Å². The average molecular weight is 297 g/mol.